The number of amides is 1. The summed E-state index contributed by atoms with van der Waals surface area (Å²) >= 11 is 0. The number of aliphatic hydroxyl groups is 1. The van der Waals surface area contributed by atoms with Crippen LogP contribution in [0.4, 0.5) is 8.78 Å². The van der Waals surface area contributed by atoms with Gasteiger partial charge < -0.3 is 15.7 Å². The molecule has 0 bridgehead atoms. The summed E-state index contributed by atoms with van der Waals surface area (Å²) in [7, 11) is -3.68. The number of benzene rings is 2. The summed E-state index contributed by atoms with van der Waals surface area (Å²) < 4.78 is 55.4. The van der Waals surface area contributed by atoms with Crippen LogP contribution < -0.4 is 15.4 Å². The Bertz CT molecular complexity index is 1120. The first-order chi connectivity index (χ1) is 18.5. The predicted octanol–water partition coefficient (Wildman–Crippen LogP) is 3.98. The lowest BCUT2D eigenvalue weighted by molar-refractivity contribution is -0.122. The van der Waals surface area contributed by atoms with Crippen LogP contribution >= 0.6 is 0 Å². The fourth-order valence-corrected chi connectivity index (χ4v) is 5.83. The van der Waals surface area contributed by atoms with E-state index in [0.717, 1.165) is 43.0 Å². The lowest BCUT2D eigenvalue weighted by Crippen LogP contribution is -2.49. The Kier molecular flexibility index (Phi) is 14.0. The molecule has 0 saturated carbocycles. The summed E-state index contributed by atoms with van der Waals surface area (Å²) in [6.45, 7) is 6.62. The predicted molar refractivity (Wildman–Crippen MR) is 151 cm³/mol. The van der Waals surface area contributed by atoms with Crippen LogP contribution in [0.3, 0.4) is 0 Å². The molecule has 4 N–H and O–H groups in total. The van der Waals surface area contributed by atoms with Crippen LogP contribution in [0, 0.1) is 11.6 Å². The highest BCUT2D eigenvalue weighted by Crippen LogP contribution is 2.13. The van der Waals surface area contributed by atoms with Gasteiger partial charge in [-0.15, -0.1) is 0 Å². The maximum Gasteiger partial charge on any atom is 0.221 e. The van der Waals surface area contributed by atoms with Gasteiger partial charge in [-0.3, -0.25) is 4.79 Å². The summed E-state index contributed by atoms with van der Waals surface area (Å²) in [5.74, 6) is -2.49. The average Bonchev–Trinajstić information content (AvgIpc) is 2.87. The molecule has 0 saturated heterocycles. The number of sulfonamides is 1. The zero-order valence-electron chi connectivity index (χ0n) is 23.2. The molecule has 0 heterocycles. The van der Waals surface area contributed by atoms with E-state index in [9.17, 15) is 27.1 Å². The molecule has 218 valence electrons. The van der Waals surface area contributed by atoms with Crippen LogP contribution in [0.15, 0.2) is 42.5 Å². The Balaban J connectivity index is 2.03. The van der Waals surface area contributed by atoms with Gasteiger partial charge in [0.2, 0.25) is 15.9 Å². The Labute approximate surface area is 231 Å². The van der Waals surface area contributed by atoms with E-state index >= 15 is 0 Å². The summed E-state index contributed by atoms with van der Waals surface area (Å²) in [4.78, 5) is 12.7. The fourth-order valence-electron chi connectivity index (χ4n) is 4.51. The van der Waals surface area contributed by atoms with E-state index in [4.69, 9.17) is 0 Å². The molecule has 10 heteroatoms. The highest BCUT2D eigenvalue weighted by molar-refractivity contribution is 7.89. The average molecular weight is 568 g/mol. The SMILES string of the molecule is CCCC(CCC)NS(=O)(=O)CCC(=O)N[C@@H](Cc1cc(F)cc(F)c1)[C@@H](O)CNCc1cccc(CC)c1. The van der Waals surface area contributed by atoms with Crippen molar-refractivity contribution >= 4 is 15.9 Å². The second kappa shape index (κ2) is 16.6. The van der Waals surface area contributed by atoms with E-state index in [1.165, 1.54) is 5.56 Å². The number of carbonyl (C=O) groups is 1. The molecule has 0 aliphatic carbocycles. The van der Waals surface area contributed by atoms with Crippen molar-refractivity contribution in [1.29, 1.82) is 0 Å². The van der Waals surface area contributed by atoms with Gasteiger partial charge in [0.25, 0.3) is 0 Å². The smallest absolute Gasteiger partial charge is 0.221 e. The monoisotopic (exact) mass is 567 g/mol. The minimum Gasteiger partial charge on any atom is -0.390 e. The van der Waals surface area contributed by atoms with Gasteiger partial charge in [-0.1, -0.05) is 57.9 Å². The number of rotatable bonds is 18. The number of hydrogen-bond acceptors (Lipinski definition) is 5. The van der Waals surface area contributed by atoms with Crippen molar-refractivity contribution < 1.29 is 27.1 Å². The molecule has 2 atom stereocenters. The molecule has 0 fully saturated rings. The van der Waals surface area contributed by atoms with Gasteiger partial charge in [0.1, 0.15) is 11.6 Å². The van der Waals surface area contributed by atoms with Crippen LogP contribution in [-0.2, 0) is 34.2 Å². The third kappa shape index (κ3) is 12.5. The summed E-state index contributed by atoms with van der Waals surface area (Å²) in [5.41, 5.74) is 2.49. The molecule has 2 aromatic carbocycles. The number of hydrogen-bond donors (Lipinski definition) is 4. The van der Waals surface area contributed by atoms with Crippen LogP contribution in [-0.4, -0.2) is 49.9 Å². The van der Waals surface area contributed by atoms with Crippen LogP contribution in [0.5, 0.6) is 0 Å². The lowest BCUT2D eigenvalue weighted by atomic mass is 10.0. The van der Waals surface area contributed by atoms with Crippen molar-refractivity contribution in [3.8, 4) is 0 Å². The molecule has 0 unspecified atom stereocenters. The Hall–Kier alpha value is -2.40. The van der Waals surface area contributed by atoms with E-state index in [-0.39, 0.29) is 31.0 Å². The maximum atomic E-state index is 13.8. The topological polar surface area (TPSA) is 108 Å². The van der Waals surface area contributed by atoms with Crippen molar-refractivity contribution in [3.63, 3.8) is 0 Å². The minimum absolute atomic E-state index is 0.0331. The largest absolute Gasteiger partial charge is 0.390 e. The Morgan fingerprint density at radius 2 is 1.59 bits per heavy atom. The molecule has 0 aromatic heterocycles. The first kappa shape index (κ1) is 32.8. The standard InChI is InChI=1S/C29H43F2N3O4S/c1-4-8-26(9-5-2)34-39(37,38)13-12-29(36)33-27(17-23-15-24(30)18-25(31)16-23)28(35)20-32-19-22-11-7-10-21(6-3)14-22/h7,10-11,14-16,18,26-28,32,34-35H,4-6,8-9,12-13,17,19-20H2,1-3H3,(H,33,36)/t27-,28-/m0/s1. The second-order valence-electron chi connectivity index (χ2n) is 9.99. The van der Waals surface area contributed by atoms with E-state index in [0.29, 0.717) is 19.4 Å². The third-order valence-corrected chi connectivity index (χ3v) is 7.92. The molecule has 0 aliphatic rings. The Morgan fingerprint density at radius 1 is 0.949 bits per heavy atom. The number of carbonyl (C=O) groups excluding carboxylic acids is 1. The van der Waals surface area contributed by atoms with Crippen LogP contribution in [0.2, 0.25) is 0 Å². The molecule has 0 radical (unpaired) electrons. The Morgan fingerprint density at radius 3 is 2.21 bits per heavy atom. The van der Waals surface area contributed by atoms with Crippen molar-refractivity contribution in [3.05, 3.63) is 70.8 Å². The molecule has 2 aromatic rings. The van der Waals surface area contributed by atoms with E-state index in [2.05, 4.69) is 28.3 Å². The fraction of sp³-hybridized carbons (Fsp3) is 0.552. The van der Waals surface area contributed by atoms with Gasteiger partial charge in [-0.25, -0.2) is 21.9 Å². The molecular formula is C29H43F2N3O4S. The van der Waals surface area contributed by atoms with Gasteiger partial charge in [0, 0.05) is 31.6 Å². The number of halogens is 2. The number of aryl methyl sites for hydroxylation is 1. The zero-order valence-corrected chi connectivity index (χ0v) is 24.0. The first-order valence-corrected chi connectivity index (χ1v) is 15.4. The van der Waals surface area contributed by atoms with Crippen molar-refractivity contribution in [2.75, 3.05) is 12.3 Å². The zero-order chi connectivity index (χ0) is 28.8. The quantitative estimate of drug-likeness (QED) is 0.218. The van der Waals surface area contributed by atoms with Gasteiger partial charge >= 0.3 is 0 Å². The molecule has 2 rings (SSSR count). The van der Waals surface area contributed by atoms with Gasteiger partial charge in [-0.05, 0) is 54.5 Å². The summed E-state index contributed by atoms with van der Waals surface area (Å²) in [6.07, 6.45) is 2.58. The van der Waals surface area contributed by atoms with E-state index in [1.807, 2.05) is 32.0 Å². The third-order valence-electron chi connectivity index (χ3n) is 6.49. The van der Waals surface area contributed by atoms with Crippen LogP contribution in [0.1, 0.15) is 69.6 Å². The summed E-state index contributed by atoms with van der Waals surface area (Å²) in [6, 6.07) is 10.0. The van der Waals surface area contributed by atoms with Gasteiger partial charge in [-0.2, -0.15) is 0 Å². The normalized spacial score (nSPS) is 13.4. The maximum absolute atomic E-state index is 13.8. The number of nitrogens with one attached hydrogen (secondary N) is 3. The minimum atomic E-state index is -3.68. The molecule has 39 heavy (non-hydrogen) atoms. The van der Waals surface area contributed by atoms with Crippen molar-refractivity contribution in [1.82, 2.24) is 15.4 Å². The highest BCUT2D eigenvalue weighted by atomic mass is 32.2. The van der Waals surface area contributed by atoms with Crippen LogP contribution in [0.25, 0.3) is 0 Å². The molecule has 0 aliphatic heterocycles. The summed E-state index contributed by atoms with van der Waals surface area (Å²) in [5, 5.41) is 16.7. The highest BCUT2D eigenvalue weighted by Gasteiger charge is 2.24. The number of aliphatic hydroxyl groups excluding tert-OH is 1. The second-order valence-corrected chi connectivity index (χ2v) is 11.9. The van der Waals surface area contributed by atoms with Gasteiger partial charge in [0.15, 0.2) is 0 Å². The van der Waals surface area contributed by atoms with Gasteiger partial charge in [0.05, 0.1) is 17.9 Å². The molecular weight excluding hydrogens is 524 g/mol. The first-order valence-electron chi connectivity index (χ1n) is 13.8. The van der Waals surface area contributed by atoms with Crippen molar-refractivity contribution in [2.24, 2.45) is 0 Å². The lowest BCUT2D eigenvalue weighted by Gasteiger charge is -2.25. The molecule has 0 spiro atoms. The van der Waals surface area contributed by atoms with E-state index < -0.39 is 45.5 Å². The van der Waals surface area contributed by atoms with Crippen molar-refractivity contribution in [2.45, 2.75) is 90.4 Å². The molecule has 7 nitrogen and oxygen atoms in total. The van der Waals surface area contributed by atoms with E-state index in [1.54, 1.807) is 0 Å². The molecule has 1 amide bonds.